The van der Waals surface area contributed by atoms with Crippen LogP contribution in [0.1, 0.15) is 17.3 Å². The van der Waals surface area contributed by atoms with E-state index in [0.29, 0.717) is 12.2 Å². The van der Waals surface area contributed by atoms with Crippen LogP contribution in [0, 0.1) is 0 Å². The van der Waals surface area contributed by atoms with E-state index in [1.54, 1.807) is 31.4 Å². The first-order valence-electron chi connectivity index (χ1n) is 6.27. The van der Waals surface area contributed by atoms with Crippen LogP contribution in [0.4, 0.5) is 5.69 Å². The van der Waals surface area contributed by atoms with Gasteiger partial charge in [0, 0.05) is 18.8 Å². The van der Waals surface area contributed by atoms with E-state index < -0.39 is 0 Å². The Kier molecular flexibility index (Phi) is 6.52. The number of hydrogen-bond donors (Lipinski definition) is 2. The maximum absolute atomic E-state index is 11.6. The Hall–Kier alpha value is -2.08. The molecule has 1 aromatic rings. The van der Waals surface area contributed by atoms with E-state index in [2.05, 4.69) is 15.4 Å². The third-order valence-electron chi connectivity index (χ3n) is 2.58. The van der Waals surface area contributed by atoms with Gasteiger partial charge in [-0.15, -0.1) is 0 Å². The maximum Gasteiger partial charge on any atom is 0.337 e. The normalized spacial score (nSPS) is 11.6. The molecule has 0 aliphatic rings. The smallest absolute Gasteiger partial charge is 0.337 e. The van der Waals surface area contributed by atoms with Crippen molar-refractivity contribution in [3.8, 4) is 0 Å². The first-order valence-corrected chi connectivity index (χ1v) is 6.27. The third kappa shape index (κ3) is 5.27. The van der Waals surface area contributed by atoms with Crippen LogP contribution in [0.3, 0.4) is 0 Å². The van der Waals surface area contributed by atoms with Gasteiger partial charge in [0.15, 0.2) is 0 Å². The van der Waals surface area contributed by atoms with Crippen LogP contribution in [0.25, 0.3) is 0 Å². The molecule has 6 heteroatoms. The van der Waals surface area contributed by atoms with Crippen LogP contribution in [-0.2, 0) is 14.3 Å². The Morgan fingerprint density at radius 1 is 1.20 bits per heavy atom. The number of methoxy groups -OCH3 is 2. The number of carbonyl (C=O) groups excluding carboxylic acids is 2. The SMILES string of the molecule is COCC(C)NC(=O)CNc1ccc(C(=O)OC)cc1. The summed E-state index contributed by atoms with van der Waals surface area (Å²) >= 11 is 0. The summed E-state index contributed by atoms with van der Waals surface area (Å²) < 4.78 is 9.54. The van der Waals surface area contributed by atoms with Crippen LogP contribution in [0.15, 0.2) is 24.3 Å². The molecule has 1 aromatic carbocycles. The fourth-order valence-electron chi connectivity index (χ4n) is 1.64. The molecule has 0 fully saturated rings. The lowest BCUT2D eigenvalue weighted by atomic mass is 10.2. The standard InChI is InChI=1S/C14H20N2O4/c1-10(9-19-2)16-13(17)8-15-12-6-4-11(5-7-12)14(18)20-3/h4-7,10,15H,8-9H2,1-3H3,(H,16,17). The number of rotatable bonds is 7. The van der Waals surface area contributed by atoms with Crippen LogP contribution in [-0.4, -0.2) is 45.3 Å². The van der Waals surface area contributed by atoms with Gasteiger partial charge in [-0.1, -0.05) is 0 Å². The van der Waals surface area contributed by atoms with Crippen LogP contribution < -0.4 is 10.6 Å². The van der Waals surface area contributed by atoms with E-state index in [1.165, 1.54) is 7.11 Å². The average Bonchev–Trinajstić information content (AvgIpc) is 2.45. The first kappa shape index (κ1) is 16.0. The number of hydrogen-bond acceptors (Lipinski definition) is 5. The molecule has 0 aliphatic carbocycles. The molecule has 0 spiro atoms. The Labute approximate surface area is 118 Å². The van der Waals surface area contributed by atoms with Crippen molar-refractivity contribution in [3.05, 3.63) is 29.8 Å². The topological polar surface area (TPSA) is 76.7 Å². The summed E-state index contributed by atoms with van der Waals surface area (Å²) in [6, 6.07) is 6.69. The molecule has 20 heavy (non-hydrogen) atoms. The molecule has 0 bridgehead atoms. The predicted molar refractivity (Wildman–Crippen MR) is 75.8 cm³/mol. The Morgan fingerprint density at radius 3 is 2.40 bits per heavy atom. The second-order valence-electron chi connectivity index (χ2n) is 4.35. The quantitative estimate of drug-likeness (QED) is 0.730. The number of anilines is 1. The second-order valence-corrected chi connectivity index (χ2v) is 4.35. The highest BCUT2D eigenvalue weighted by molar-refractivity contribution is 5.89. The molecule has 0 aliphatic heterocycles. The summed E-state index contributed by atoms with van der Waals surface area (Å²) in [5.41, 5.74) is 1.23. The van der Waals surface area contributed by atoms with Crippen molar-refractivity contribution in [1.29, 1.82) is 0 Å². The Bertz CT molecular complexity index is 445. The number of amides is 1. The lowest BCUT2D eigenvalue weighted by molar-refractivity contribution is -0.120. The van der Waals surface area contributed by atoms with Crippen molar-refractivity contribution in [2.45, 2.75) is 13.0 Å². The van der Waals surface area contributed by atoms with Gasteiger partial charge in [-0.3, -0.25) is 4.79 Å². The lowest BCUT2D eigenvalue weighted by Gasteiger charge is -2.13. The summed E-state index contributed by atoms with van der Waals surface area (Å²) in [4.78, 5) is 22.9. The molecule has 1 unspecified atom stereocenters. The summed E-state index contributed by atoms with van der Waals surface area (Å²) in [7, 11) is 2.92. The summed E-state index contributed by atoms with van der Waals surface area (Å²) in [5, 5.41) is 5.76. The molecule has 1 atom stereocenters. The van der Waals surface area contributed by atoms with Gasteiger partial charge in [-0.2, -0.15) is 0 Å². The fraction of sp³-hybridized carbons (Fsp3) is 0.429. The molecular formula is C14H20N2O4. The zero-order chi connectivity index (χ0) is 15.0. The minimum absolute atomic E-state index is 0.0315. The van der Waals surface area contributed by atoms with Crippen LogP contribution in [0.5, 0.6) is 0 Å². The van der Waals surface area contributed by atoms with Crippen molar-refractivity contribution < 1.29 is 19.1 Å². The molecule has 0 radical (unpaired) electrons. The highest BCUT2D eigenvalue weighted by atomic mass is 16.5. The number of ether oxygens (including phenoxy) is 2. The largest absolute Gasteiger partial charge is 0.465 e. The first-order chi connectivity index (χ1) is 9.56. The Balaban J connectivity index is 2.42. The van der Waals surface area contributed by atoms with Gasteiger partial charge < -0.3 is 20.1 Å². The zero-order valence-electron chi connectivity index (χ0n) is 11.9. The molecule has 0 saturated carbocycles. The second kappa shape index (κ2) is 8.16. The maximum atomic E-state index is 11.6. The molecule has 0 aromatic heterocycles. The predicted octanol–water partition coefficient (Wildman–Crippen LogP) is 1.04. The molecule has 0 heterocycles. The molecule has 1 amide bonds. The van der Waals surface area contributed by atoms with E-state index >= 15 is 0 Å². The van der Waals surface area contributed by atoms with Gasteiger partial charge in [0.05, 0.1) is 25.8 Å². The van der Waals surface area contributed by atoms with E-state index in [9.17, 15) is 9.59 Å². The number of nitrogens with one attached hydrogen (secondary N) is 2. The minimum Gasteiger partial charge on any atom is -0.465 e. The lowest BCUT2D eigenvalue weighted by Crippen LogP contribution is -2.39. The fourth-order valence-corrected chi connectivity index (χ4v) is 1.64. The van der Waals surface area contributed by atoms with Crippen molar-refractivity contribution in [2.24, 2.45) is 0 Å². The van der Waals surface area contributed by atoms with Crippen molar-refractivity contribution in [1.82, 2.24) is 5.32 Å². The highest BCUT2D eigenvalue weighted by Crippen LogP contribution is 2.09. The molecule has 6 nitrogen and oxygen atoms in total. The van der Waals surface area contributed by atoms with Gasteiger partial charge in [-0.25, -0.2) is 4.79 Å². The minimum atomic E-state index is -0.386. The van der Waals surface area contributed by atoms with Gasteiger partial charge in [0.2, 0.25) is 5.91 Å². The van der Waals surface area contributed by atoms with E-state index in [1.807, 2.05) is 6.92 Å². The number of benzene rings is 1. The average molecular weight is 280 g/mol. The molecule has 2 N–H and O–H groups in total. The van der Waals surface area contributed by atoms with Gasteiger partial charge >= 0.3 is 5.97 Å². The van der Waals surface area contributed by atoms with Crippen molar-refractivity contribution in [3.63, 3.8) is 0 Å². The monoisotopic (exact) mass is 280 g/mol. The number of esters is 1. The van der Waals surface area contributed by atoms with Crippen molar-refractivity contribution in [2.75, 3.05) is 32.7 Å². The summed E-state index contributed by atoms with van der Waals surface area (Å²) in [5.74, 6) is -0.505. The van der Waals surface area contributed by atoms with E-state index in [-0.39, 0.29) is 24.5 Å². The Morgan fingerprint density at radius 2 is 1.85 bits per heavy atom. The van der Waals surface area contributed by atoms with Crippen LogP contribution >= 0.6 is 0 Å². The van der Waals surface area contributed by atoms with E-state index in [4.69, 9.17) is 4.74 Å². The van der Waals surface area contributed by atoms with Crippen LogP contribution in [0.2, 0.25) is 0 Å². The summed E-state index contributed by atoms with van der Waals surface area (Å²) in [6.45, 7) is 2.50. The van der Waals surface area contributed by atoms with Gasteiger partial charge in [0.1, 0.15) is 0 Å². The van der Waals surface area contributed by atoms with Crippen molar-refractivity contribution >= 4 is 17.6 Å². The highest BCUT2D eigenvalue weighted by Gasteiger charge is 2.07. The third-order valence-corrected chi connectivity index (χ3v) is 2.58. The number of carbonyl (C=O) groups is 2. The molecular weight excluding hydrogens is 260 g/mol. The molecule has 110 valence electrons. The van der Waals surface area contributed by atoms with E-state index in [0.717, 1.165) is 5.69 Å². The molecule has 0 saturated heterocycles. The molecule has 1 rings (SSSR count). The van der Waals surface area contributed by atoms with Gasteiger partial charge in [-0.05, 0) is 31.2 Å². The zero-order valence-corrected chi connectivity index (χ0v) is 11.9. The summed E-state index contributed by atoms with van der Waals surface area (Å²) in [6.07, 6.45) is 0. The van der Waals surface area contributed by atoms with Gasteiger partial charge in [0.25, 0.3) is 0 Å².